The van der Waals surface area contributed by atoms with Crippen LogP contribution in [0.1, 0.15) is 43.2 Å². The van der Waals surface area contributed by atoms with Crippen LogP contribution in [0.2, 0.25) is 0 Å². The molecule has 0 unspecified atom stereocenters. The lowest BCUT2D eigenvalue weighted by Gasteiger charge is -2.19. The lowest BCUT2D eigenvalue weighted by molar-refractivity contribution is 0.399. The first-order valence-corrected chi connectivity index (χ1v) is 7.32. The van der Waals surface area contributed by atoms with Gasteiger partial charge in [0.25, 0.3) is 0 Å². The minimum atomic E-state index is 0.291. The molecule has 20 heavy (non-hydrogen) atoms. The molecule has 0 fully saturated rings. The van der Waals surface area contributed by atoms with Crippen LogP contribution in [0.25, 0.3) is 0 Å². The van der Waals surface area contributed by atoms with Gasteiger partial charge in [0.2, 0.25) is 0 Å². The zero-order valence-corrected chi connectivity index (χ0v) is 12.6. The molecule has 3 nitrogen and oxygen atoms in total. The number of hydrogen-bond donors (Lipinski definition) is 1. The average molecular weight is 269 g/mol. The predicted molar refractivity (Wildman–Crippen MR) is 81.5 cm³/mol. The van der Waals surface area contributed by atoms with Crippen LogP contribution in [-0.2, 0) is 26.1 Å². The van der Waals surface area contributed by atoms with Crippen molar-refractivity contribution in [3.63, 3.8) is 0 Å². The van der Waals surface area contributed by atoms with E-state index in [1.165, 1.54) is 22.4 Å². The fourth-order valence-corrected chi connectivity index (χ4v) is 2.82. The molecule has 1 aliphatic heterocycles. The van der Waals surface area contributed by atoms with Crippen LogP contribution < -0.4 is 5.32 Å². The van der Waals surface area contributed by atoms with Crippen LogP contribution in [0.3, 0.4) is 0 Å². The van der Waals surface area contributed by atoms with Crippen LogP contribution in [0.5, 0.6) is 0 Å². The van der Waals surface area contributed by atoms with Gasteiger partial charge >= 0.3 is 0 Å². The van der Waals surface area contributed by atoms with E-state index in [9.17, 15) is 0 Å². The van der Waals surface area contributed by atoms with E-state index >= 15 is 0 Å². The molecule has 1 aromatic carbocycles. The van der Waals surface area contributed by atoms with Crippen LogP contribution >= 0.6 is 0 Å². The number of fused-ring (bicyclic) bond motifs is 1. The van der Waals surface area contributed by atoms with Crippen LogP contribution in [-0.4, -0.2) is 9.55 Å². The molecule has 1 N–H and O–H groups in total. The number of nitrogens with zero attached hydrogens (tertiary/aromatic N) is 2. The van der Waals surface area contributed by atoms with E-state index < -0.39 is 0 Å². The largest absolute Gasteiger partial charge is 0.330 e. The summed E-state index contributed by atoms with van der Waals surface area (Å²) in [4.78, 5) is 4.33. The summed E-state index contributed by atoms with van der Waals surface area (Å²) in [6.07, 6.45) is 5.01. The zero-order valence-electron chi connectivity index (χ0n) is 12.6. The van der Waals surface area contributed by atoms with Crippen molar-refractivity contribution in [2.75, 3.05) is 0 Å². The third-order valence-corrected chi connectivity index (χ3v) is 3.76. The maximum absolute atomic E-state index is 4.33. The highest BCUT2D eigenvalue weighted by Crippen LogP contribution is 2.22. The molecule has 2 aromatic rings. The molecule has 0 saturated carbocycles. The van der Waals surface area contributed by atoms with Crippen molar-refractivity contribution in [1.82, 2.24) is 14.9 Å². The van der Waals surface area contributed by atoms with Crippen LogP contribution in [0, 0.1) is 5.41 Å². The first-order valence-electron chi connectivity index (χ1n) is 7.32. The number of rotatable bonds is 3. The number of imidazole rings is 1. The SMILES string of the molecule is CC(C)(C)Cc1cncn1Cc1ccc2c(c1)CNC2. The number of benzene rings is 1. The van der Waals surface area contributed by atoms with Crippen molar-refractivity contribution in [3.8, 4) is 0 Å². The first kappa shape index (κ1) is 13.4. The molecule has 0 spiro atoms. The smallest absolute Gasteiger partial charge is 0.0951 e. The van der Waals surface area contributed by atoms with E-state index in [-0.39, 0.29) is 0 Å². The molecule has 3 heteroatoms. The molecular formula is C17H23N3. The van der Waals surface area contributed by atoms with E-state index in [4.69, 9.17) is 0 Å². The molecule has 106 valence electrons. The van der Waals surface area contributed by atoms with E-state index in [0.717, 1.165) is 26.1 Å². The third-order valence-electron chi connectivity index (χ3n) is 3.76. The molecule has 1 aromatic heterocycles. The van der Waals surface area contributed by atoms with Gasteiger partial charge in [-0.15, -0.1) is 0 Å². The summed E-state index contributed by atoms with van der Waals surface area (Å²) in [5.41, 5.74) is 5.85. The second-order valence-electron chi connectivity index (χ2n) is 6.96. The van der Waals surface area contributed by atoms with Gasteiger partial charge in [-0.3, -0.25) is 0 Å². The van der Waals surface area contributed by atoms with Gasteiger partial charge in [-0.2, -0.15) is 0 Å². The van der Waals surface area contributed by atoms with E-state index in [1.807, 2.05) is 12.5 Å². The van der Waals surface area contributed by atoms with Crippen LogP contribution in [0.4, 0.5) is 0 Å². The second-order valence-corrected chi connectivity index (χ2v) is 6.96. The molecule has 0 aliphatic carbocycles. The van der Waals surface area contributed by atoms with Crippen molar-refractivity contribution in [1.29, 1.82) is 0 Å². The highest BCUT2D eigenvalue weighted by molar-refractivity contribution is 5.34. The predicted octanol–water partition coefficient (Wildman–Crippen LogP) is 3.12. The molecular weight excluding hydrogens is 246 g/mol. The van der Waals surface area contributed by atoms with E-state index in [2.05, 4.69) is 53.8 Å². The summed E-state index contributed by atoms with van der Waals surface area (Å²) in [6.45, 7) is 9.73. The maximum Gasteiger partial charge on any atom is 0.0951 e. The van der Waals surface area contributed by atoms with Gasteiger partial charge < -0.3 is 9.88 Å². The Hall–Kier alpha value is -1.61. The van der Waals surface area contributed by atoms with Gasteiger partial charge in [0.15, 0.2) is 0 Å². The zero-order chi connectivity index (χ0) is 14.2. The molecule has 0 atom stereocenters. The standard InChI is InChI=1S/C17H23N3/c1-17(2,3)7-16-10-19-12-20(16)11-13-4-5-14-8-18-9-15(14)6-13/h4-6,10,12,18H,7-9,11H2,1-3H3. The Morgan fingerprint density at radius 1 is 1.20 bits per heavy atom. The number of hydrogen-bond acceptors (Lipinski definition) is 2. The highest BCUT2D eigenvalue weighted by Gasteiger charge is 2.15. The summed E-state index contributed by atoms with van der Waals surface area (Å²) in [7, 11) is 0. The summed E-state index contributed by atoms with van der Waals surface area (Å²) in [5, 5.41) is 3.40. The Morgan fingerprint density at radius 2 is 2.00 bits per heavy atom. The van der Waals surface area contributed by atoms with Crippen molar-refractivity contribution < 1.29 is 0 Å². The molecule has 0 saturated heterocycles. The highest BCUT2D eigenvalue weighted by atomic mass is 15.0. The van der Waals surface area contributed by atoms with Gasteiger partial charge in [0.05, 0.1) is 6.33 Å². The Kier molecular flexibility index (Phi) is 3.38. The average Bonchev–Trinajstić information content (AvgIpc) is 2.97. The minimum Gasteiger partial charge on any atom is -0.330 e. The number of nitrogens with one attached hydrogen (secondary N) is 1. The first-order chi connectivity index (χ1) is 9.51. The molecule has 0 bridgehead atoms. The molecule has 0 amide bonds. The quantitative estimate of drug-likeness (QED) is 0.928. The topological polar surface area (TPSA) is 29.9 Å². The van der Waals surface area contributed by atoms with E-state index in [1.54, 1.807) is 0 Å². The fourth-order valence-electron chi connectivity index (χ4n) is 2.82. The third kappa shape index (κ3) is 2.93. The van der Waals surface area contributed by atoms with Crippen molar-refractivity contribution >= 4 is 0 Å². The summed E-state index contributed by atoms with van der Waals surface area (Å²) < 4.78 is 2.27. The van der Waals surface area contributed by atoms with Crippen molar-refractivity contribution in [2.45, 2.75) is 46.8 Å². The van der Waals surface area contributed by atoms with Crippen LogP contribution in [0.15, 0.2) is 30.7 Å². The van der Waals surface area contributed by atoms with Gasteiger partial charge in [-0.25, -0.2) is 4.98 Å². The Bertz CT molecular complexity index is 605. The Balaban J connectivity index is 1.80. The summed E-state index contributed by atoms with van der Waals surface area (Å²) >= 11 is 0. The lowest BCUT2D eigenvalue weighted by atomic mass is 9.91. The molecule has 2 heterocycles. The maximum atomic E-state index is 4.33. The monoisotopic (exact) mass is 269 g/mol. The van der Waals surface area contributed by atoms with Gasteiger partial charge in [-0.05, 0) is 28.5 Å². The Labute approximate surface area is 121 Å². The lowest BCUT2D eigenvalue weighted by Crippen LogP contribution is -2.13. The summed E-state index contributed by atoms with van der Waals surface area (Å²) in [6, 6.07) is 6.83. The molecule has 0 radical (unpaired) electrons. The van der Waals surface area contributed by atoms with Crippen molar-refractivity contribution in [3.05, 3.63) is 53.1 Å². The Morgan fingerprint density at radius 3 is 2.80 bits per heavy atom. The van der Waals surface area contributed by atoms with Gasteiger partial charge in [0.1, 0.15) is 0 Å². The summed E-state index contributed by atoms with van der Waals surface area (Å²) in [5.74, 6) is 0. The molecule has 3 rings (SSSR count). The fraction of sp³-hybridized carbons (Fsp3) is 0.471. The minimum absolute atomic E-state index is 0.291. The molecule has 1 aliphatic rings. The van der Waals surface area contributed by atoms with Gasteiger partial charge in [0, 0.05) is 31.5 Å². The van der Waals surface area contributed by atoms with Crippen molar-refractivity contribution in [2.24, 2.45) is 5.41 Å². The van der Waals surface area contributed by atoms with E-state index in [0.29, 0.717) is 5.41 Å². The van der Waals surface area contributed by atoms with Gasteiger partial charge in [-0.1, -0.05) is 39.0 Å². The number of aromatic nitrogens is 2. The second kappa shape index (κ2) is 5.06. The normalized spacial score (nSPS) is 14.6.